The molecule has 36 heavy (non-hydrogen) atoms. The van der Waals surface area contributed by atoms with Crippen molar-refractivity contribution in [2.75, 3.05) is 0 Å². The molecule has 5 rings (SSSR count). The summed E-state index contributed by atoms with van der Waals surface area (Å²) in [6, 6.07) is 11.7. The first kappa shape index (κ1) is 23.8. The molecule has 0 spiro atoms. The van der Waals surface area contributed by atoms with Crippen molar-refractivity contribution in [3.63, 3.8) is 0 Å². The zero-order valence-electron chi connectivity index (χ0n) is 20.9. The molecule has 0 N–H and O–H groups in total. The van der Waals surface area contributed by atoms with E-state index < -0.39 is 35.0 Å². The highest BCUT2D eigenvalue weighted by molar-refractivity contribution is 6.21. The summed E-state index contributed by atoms with van der Waals surface area (Å²) in [6.07, 6.45) is -1.28. The van der Waals surface area contributed by atoms with Crippen LogP contribution in [0.3, 0.4) is 0 Å². The third-order valence-electron chi connectivity index (χ3n) is 5.73. The predicted molar refractivity (Wildman–Crippen MR) is 136 cm³/mol. The van der Waals surface area contributed by atoms with E-state index >= 15 is 0 Å². The Balaban J connectivity index is 1.92. The summed E-state index contributed by atoms with van der Waals surface area (Å²) in [6.45, 7) is 10.5. The van der Waals surface area contributed by atoms with Crippen molar-refractivity contribution >= 4 is 55.8 Å². The molecule has 3 aromatic carbocycles. The molecule has 0 aliphatic heterocycles. The SMILES string of the molecule is CC(C)(C)OC(=O)n1c2ccc(F)cc2c2cc3c4cc(F)ccc4n(C(=O)OC(C)(C)C)c3cc21. The fourth-order valence-corrected chi connectivity index (χ4v) is 4.48. The first-order valence-electron chi connectivity index (χ1n) is 11.6. The van der Waals surface area contributed by atoms with E-state index in [9.17, 15) is 18.4 Å². The molecule has 0 fully saturated rings. The van der Waals surface area contributed by atoms with Gasteiger partial charge in [-0.05, 0) is 90.1 Å². The van der Waals surface area contributed by atoms with Crippen molar-refractivity contribution in [3.05, 3.63) is 60.2 Å². The van der Waals surface area contributed by atoms with Crippen LogP contribution in [-0.4, -0.2) is 32.5 Å². The van der Waals surface area contributed by atoms with Crippen molar-refractivity contribution in [2.45, 2.75) is 52.7 Å². The van der Waals surface area contributed by atoms with Crippen LogP contribution < -0.4 is 0 Å². The van der Waals surface area contributed by atoms with Crippen LogP contribution in [-0.2, 0) is 9.47 Å². The summed E-state index contributed by atoms with van der Waals surface area (Å²) in [4.78, 5) is 26.6. The Kier molecular flexibility index (Phi) is 5.14. The van der Waals surface area contributed by atoms with Gasteiger partial charge in [0.05, 0.1) is 22.1 Å². The van der Waals surface area contributed by atoms with E-state index in [2.05, 4.69) is 0 Å². The van der Waals surface area contributed by atoms with Gasteiger partial charge in [-0.25, -0.2) is 27.5 Å². The van der Waals surface area contributed by atoms with Crippen LogP contribution in [0.2, 0.25) is 0 Å². The number of nitrogens with zero attached hydrogens (tertiary/aromatic N) is 2. The number of aromatic nitrogens is 2. The van der Waals surface area contributed by atoms with Crippen LogP contribution in [0.25, 0.3) is 43.6 Å². The fraction of sp³-hybridized carbons (Fsp3) is 0.286. The van der Waals surface area contributed by atoms with Gasteiger partial charge in [0.25, 0.3) is 0 Å². The van der Waals surface area contributed by atoms with Crippen LogP contribution in [0.1, 0.15) is 41.5 Å². The summed E-state index contributed by atoms with van der Waals surface area (Å²) in [5.41, 5.74) is 0.205. The minimum atomic E-state index is -0.771. The highest BCUT2D eigenvalue weighted by atomic mass is 19.1. The van der Waals surface area contributed by atoms with Crippen molar-refractivity contribution < 1.29 is 27.8 Å². The van der Waals surface area contributed by atoms with Gasteiger partial charge in [-0.15, -0.1) is 0 Å². The Labute approximate surface area is 206 Å². The van der Waals surface area contributed by atoms with E-state index in [1.54, 1.807) is 53.7 Å². The Bertz CT molecular complexity index is 1590. The second-order valence-corrected chi connectivity index (χ2v) is 10.8. The second kappa shape index (κ2) is 7.78. The maximum atomic E-state index is 14.3. The summed E-state index contributed by atoms with van der Waals surface area (Å²) in [5, 5.41) is 2.12. The number of hydrogen-bond donors (Lipinski definition) is 0. The van der Waals surface area contributed by atoms with Gasteiger partial charge in [0.2, 0.25) is 0 Å². The summed E-state index contributed by atoms with van der Waals surface area (Å²) in [7, 11) is 0. The molecule has 0 amide bonds. The lowest BCUT2D eigenvalue weighted by Crippen LogP contribution is -2.27. The minimum absolute atomic E-state index is 0.422. The lowest BCUT2D eigenvalue weighted by atomic mass is 10.1. The molecule has 0 saturated heterocycles. The van der Waals surface area contributed by atoms with Gasteiger partial charge in [0.1, 0.15) is 22.8 Å². The number of rotatable bonds is 0. The number of carbonyl (C=O) groups excluding carboxylic acids is 2. The topological polar surface area (TPSA) is 62.5 Å². The van der Waals surface area contributed by atoms with Crippen LogP contribution in [0.15, 0.2) is 48.5 Å². The summed E-state index contributed by atoms with van der Waals surface area (Å²) in [5.74, 6) is -0.930. The van der Waals surface area contributed by atoms with E-state index in [4.69, 9.17) is 9.47 Å². The smallest absolute Gasteiger partial charge is 0.419 e. The Morgan fingerprint density at radius 3 is 1.31 bits per heavy atom. The highest BCUT2D eigenvalue weighted by Crippen LogP contribution is 2.38. The van der Waals surface area contributed by atoms with Crippen LogP contribution in [0.5, 0.6) is 0 Å². The van der Waals surface area contributed by atoms with Gasteiger partial charge < -0.3 is 9.47 Å². The number of carbonyl (C=O) groups is 2. The molecule has 6 nitrogen and oxygen atoms in total. The van der Waals surface area contributed by atoms with Crippen molar-refractivity contribution in [1.82, 2.24) is 9.13 Å². The highest BCUT2D eigenvalue weighted by Gasteiger charge is 2.27. The molecule has 8 heteroatoms. The number of ether oxygens (including phenoxy) is 2. The van der Waals surface area contributed by atoms with E-state index in [-0.39, 0.29) is 0 Å². The minimum Gasteiger partial charge on any atom is -0.443 e. The molecule has 0 unspecified atom stereocenters. The molecule has 0 atom stereocenters. The predicted octanol–water partition coefficient (Wildman–Crippen LogP) is 7.75. The monoisotopic (exact) mass is 492 g/mol. The third kappa shape index (κ3) is 3.96. The Hall–Kier alpha value is -3.94. The van der Waals surface area contributed by atoms with Gasteiger partial charge in [0, 0.05) is 21.5 Å². The normalized spacial score (nSPS) is 12.7. The third-order valence-corrected chi connectivity index (χ3v) is 5.73. The molecular formula is C28H26F2N2O4. The van der Waals surface area contributed by atoms with E-state index in [0.29, 0.717) is 43.6 Å². The lowest BCUT2D eigenvalue weighted by Gasteiger charge is -2.20. The maximum Gasteiger partial charge on any atom is 0.419 e. The van der Waals surface area contributed by atoms with E-state index in [0.717, 1.165) is 0 Å². The molecule has 186 valence electrons. The zero-order chi connectivity index (χ0) is 26.2. The van der Waals surface area contributed by atoms with Crippen molar-refractivity contribution in [2.24, 2.45) is 0 Å². The number of halogens is 2. The Morgan fingerprint density at radius 2 is 0.944 bits per heavy atom. The molecule has 0 aliphatic rings. The van der Waals surface area contributed by atoms with Crippen molar-refractivity contribution in [3.8, 4) is 0 Å². The van der Waals surface area contributed by atoms with Gasteiger partial charge in [0.15, 0.2) is 0 Å². The van der Waals surface area contributed by atoms with Crippen LogP contribution in [0, 0.1) is 11.6 Å². The van der Waals surface area contributed by atoms with Crippen LogP contribution in [0.4, 0.5) is 18.4 Å². The lowest BCUT2D eigenvalue weighted by molar-refractivity contribution is 0.0541. The standard InChI is InChI=1S/C28H26F2N2O4/c1-27(2,3)35-25(33)31-21-9-7-15(29)11-17(21)19-13-20-18-12-16(30)8-10-22(18)32(24(20)14-23(19)31)26(34)36-28(4,5)6/h7-14H,1-6H3. The molecule has 0 aliphatic carbocycles. The average Bonchev–Trinajstić information content (AvgIpc) is 3.21. The van der Waals surface area contributed by atoms with Crippen molar-refractivity contribution in [1.29, 1.82) is 0 Å². The van der Waals surface area contributed by atoms with E-state index in [1.165, 1.54) is 45.5 Å². The second-order valence-electron chi connectivity index (χ2n) is 10.8. The maximum absolute atomic E-state index is 14.3. The van der Waals surface area contributed by atoms with Gasteiger partial charge >= 0.3 is 12.2 Å². The molecule has 0 radical (unpaired) electrons. The van der Waals surface area contributed by atoms with Crippen LogP contribution >= 0.6 is 0 Å². The fourth-order valence-electron chi connectivity index (χ4n) is 4.48. The zero-order valence-corrected chi connectivity index (χ0v) is 20.9. The largest absolute Gasteiger partial charge is 0.443 e. The molecule has 0 bridgehead atoms. The number of fused-ring (bicyclic) bond motifs is 6. The molecular weight excluding hydrogens is 466 g/mol. The molecule has 2 aromatic heterocycles. The van der Waals surface area contributed by atoms with Gasteiger partial charge in [-0.3, -0.25) is 0 Å². The Morgan fingerprint density at radius 1 is 0.583 bits per heavy atom. The molecule has 2 heterocycles. The summed E-state index contributed by atoms with van der Waals surface area (Å²) >= 11 is 0. The number of benzene rings is 3. The first-order valence-corrected chi connectivity index (χ1v) is 11.6. The van der Waals surface area contributed by atoms with E-state index in [1.807, 2.05) is 0 Å². The first-order chi connectivity index (χ1) is 16.7. The number of hydrogen-bond acceptors (Lipinski definition) is 4. The summed E-state index contributed by atoms with van der Waals surface area (Å²) < 4.78 is 42.6. The van der Waals surface area contributed by atoms with Gasteiger partial charge in [-0.1, -0.05) is 0 Å². The average molecular weight is 493 g/mol. The quantitative estimate of drug-likeness (QED) is 0.222. The van der Waals surface area contributed by atoms with Gasteiger partial charge in [-0.2, -0.15) is 0 Å². The molecule has 5 aromatic rings. The molecule has 0 saturated carbocycles.